The molecule has 1 fully saturated rings. The first-order valence-corrected chi connectivity index (χ1v) is 5.34. The van der Waals surface area contributed by atoms with Gasteiger partial charge in [-0.25, -0.2) is 0 Å². The SMILES string of the molecule is O=C(NC1(C(=O)CCl)CCCC1)C(F)(F)F. The van der Waals surface area contributed by atoms with Gasteiger partial charge >= 0.3 is 12.1 Å². The summed E-state index contributed by atoms with van der Waals surface area (Å²) in [6.07, 6.45) is -3.30. The summed E-state index contributed by atoms with van der Waals surface area (Å²) in [7, 11) is 0. The normalized spacial score (nSPS) is 19.5. The predicted octanol–water partition coefficient (Wildman–Crippen LogP) is 1.79. The van der Waals surface area contributed by atoms with Gasteiger partial charge < -0.3 is 5.32 Å². The zero-order valence-electron chi connectivity index (χ0n) is 8.36. The van der Waals surface area contributed by atoms with E-state index in [-0.39, 0.29) is 12.8 Å². The average molecular weight is 258 g/mol. The van der Waals surface area contributed by atoms with Gasteiger partial charge in [0.25, 0.3) is 0 Å². The molecule has 0 spiro atoms. The Balaban J connectivity index is 2.81. The van der Waals surface area contributed by atoms with Crippen molar-refractivity contribution in [2.75, 3.05) is 5.88 Å². The summed E-state index contributed by atoms with van der Waals surface area (Å²) in [5.74, 6) is -3.02. The number of carbonyl (C=O) groups is 2. The number of amides is 1. The Morgan fingerprint density at radius 3 is 2.12 bits per heavy atom. The van der Waals surface area contributed by atoms with E-state index in [1.807, 2.05) is 0 Å². The number of alkyl halides is 4. The zero-order chi connectivity index (χ0) is 12.4. The maximum atomic E-state index is 12.1. The van der Waals surface area contributed by atoms with Gasteiger partial charge in [-0.05, 0) is 12.8 Å². The predicted molar refractivity (Wildman–Crippen MR) is 51.1 cm³/mol. The number of halogens is 4. The first-order valence-electron chi connectivity index (χ1n) is 4.80. The van der Waals surface area contributed by atoms with Crippen LogP contribution in [-0.2, 0) is 9.59 Å². The second-order valence-electron chi connectivity index (χ2n) is 3.80. The molecule has 1 amide bonds. The molecule has 0 saturated heterocycles. The fourth-order valence-electron chi connectivity index (χ4n) is 1.87. The molecule has 0 aromatic rings. The first-order chi connectivity index (χ1) is 7.32. The Labute approximate surface area is 95.3 Å². The van der Waals surface area contributed by atoms with E-state index in [4.69, 9.17) is 11.6 Å². The van der Waals surface area contributed by atoms with Crippen LogP contribution in [0.3, 0.4) is 0 Å². The minimum atomic E-state index is -4.97. The number of rotatable bonds is 3. The van der Waals surface area contributed by atoms with Crippen molar-refractivity contribution in [1.29, 1.82) is 0 Å². The molecule has 92 valence electrons. The molecule has 0 aromatic heterocycles. The topological polar surface area (TPSA) is 46.2 Å². The summed E-state index contributed by atoms with van der Waals surface area (Å²) in [5, 5.41) is 1.79. The van der Waals surface area contributed by atoms with Crippen LogP contribution >= 0.6 is 11.6 Å². The zero-order valence-corrected chi connectivity index (χ0v) is 9.12. The molecule has 0 unspecified atom stereocenters. The van der Waals surface area contributed by atoms with E-state index in [9.17, 15) is 22.8 Å². The van der Waals surface area contributed by atoms with Gasteiger partial charge in [-0.1, -0.05) is 12.8 Å². The highest BCUT2D eigenvalue weighted by atomic mass is 35.5. The maximum Gasteiger partial charge on any atom is 0.471 e. The standard InChI is InChI=1S/C9H11ClF3NO2/c10-5-6(15)8(3-1-2-4-8)14-7(16)9(11,12)13/h1-5H2,(H,14,16). The van der Waals surface area contributed by atoms with Crippen LogP contribution < -0.4 is 5.32 Å². The third kappa shape index (κ3) is 2.66. The van der Waals surface area contributed by atoms with Gasteiger partial charge in [0.15, 0.2) is 5.78 Å². The fourth-order valence-corrected chi connectivity index (χ4v) is 2.12. The molecular formula is C9H11ClF3NO2. The lowest BCUT2D eigenvalue weighted by atomic mass is 9.92. The van der Waals surface area contributed by atoms with E-state index in [1.54, 1.807) is 5.32 Å². The Morgan fingerprint density at radius 1 is 1.25 bits per heavy atom. The molecule has 3 nitrogen and oxygen atoms in total. The summed E-state index contributed by atoms with van der Waals surface area (Å²) in [4.78, 5) is 22.3. The minimum absolute atomic E-state index is 0.223. The number of ketones is 1. The molecule has 0 atom stereocenters. The number of nitrogens with one attached hydrogen (secondary N) is 1. The van der Waals surface area contributed by atoms with Crippen LogP contribution in [0, 0.1) is 0 Å². The monoisotopic (exact) mass is 257 g/mol. The van der Waals surface area contributed by atoms with Crippen LogP contribution in [0.25, 0.3) is 0 Å². The molecule has 1 saturated carbocycles. The smallest absolute Gasteiger partial charge is 0.336 e. The van der Waals surface area contributed by atoms with Crippen molar-refractivity contribution in [3.63, 3.8) is 0 Å². The van der Waals surface area contributed by atoms with Crippen molar-refractivity contribution in [2.24, 2.45) is 0 Å². The van der Waals surface area contributed by atoms with E-state index in [2.05, 4.69) is 0 Å². The van der Waals surface area contributed by atoms with Crippen LogP contribution in [0.4, 0.5) is 13.2 Å². The molecular weight excluding hydrogens is 247 g/mol. The Morgan fingerprint density at radius 2 is 1.75 bits per heavy atom. The van der Waals surface area contributed by atoms with Crippen LogP contribution in [0.15, 0.2) is 0 Å². The molecule has 0 radical (unpaired) electrons. The van der Waals surface area contributed by atoms with Gasteiger partial charge in [0.2, 0.25) is 0 Å². The molecule has 0 aliphatic heterocycles. The Hall–Kier alpha value is -0.780. The van der Waals surface area contributed by atoms with Gasteiger partial charge in [-0.2, -0.15) is 13.2 Å². The van der Waals surface area contributed by atoms with Gasteiger partial charge in [0.05, 0.1) is 5.88 Å². The van der Waals surface area contributed by atoms with Crippen molar-refractivity contribution in [1.82, 2.24) is 5.32 Å². The lowest BCUT2D eigenvalue weighted by Gasteiger charge is -2.28. The number of hydrogen-bond acceptors (Lipinski definition) is 2. The summed E-state index contributed by atoms with van der Waals surface area (Å²) < 4.78 is 36.3. The third-order valence-corrected chi connectivity index (χ3v) is 2.97. The minimum Gasteiger partial charge on any atom is -0.336 e. The van der Waals surface area contributed by atoms with Crippen LogP contribution in [0.2, 0.25) is 0 Å². The lowest BCUT2D eigenvalue weighted by Crippen LogP contribution is -2.56. The molecule has 0 bridgehead atoms. The molecule has 0 heterocycles. The number of hydrogen-bond donors (Lipinski definition) is 1. The van der Waals surface area contributed by atoms with Gasteiger partial charge in [-0.15, -0.1) is 11.6 Å². The highest BCUT2D eigenvalue weighted by Gasteiger charge is 2.48. The van der Waals surface area contributed by atoms with E-state index in [0.29, 0.717) is 12.8 Å². The summed E-state index contributed by atoms with van der Waals surface area (Å²) >= 11 is 5.34. The molecule has 0 aromatic carbocycles. The molecule has 7 heteroatoms. The second-order valence-corrected chi connectivity index (χ2v) is 4.07. The highest BCUT2D eigenvalue weighted by molar-refractivity contribution is 6.29. The van der Waals surface area contributed by atoms with Crippen molar-refractivity contribution in [2.45, 2.75) is 37.4 Å². The molecule has 1 N–H and O–H groups in total. The quantitative estimate of drug-likeness (QED) is 0.784. The fraction of sp³-hybridized carbons (Fsp3) is 0.778. The van der Waals surface area contributed by atoms with Crippen molar-refractivity contribution < 1.29 is 22.8 Å². The summed E-state index contributed by atoms with van der Waals surface area (Å²) in [6, 6.07) is 0. The third-order valence-electron chi connectivity index (χ3n) is 2.72. The van der Waals surface area contributed by atoms with Crippen LogP contribution in [-0.4, -0.2) is 29.3 Å². The lowest BCUT2D eigenvalue weighted by molar-refractivity contribution is -0.176. The van der Waals surface area contributed by atoms with Crippen molar-refractivity contribution in [3.05, 3.63) is 0 Å². The van der Waals surface area contributed by atoms with Crippen LogP contribution in [0.5, 0.6) is 0 Å². The van der Waals surface area contributed by atoms with E-state index < -0.39 is 29.3 Å². The average Bonchev–Trinajstić information content (AvgIpc) is 2.65. The molecule has 1 aliphatic carbocycles. The van der Waals surface area contributed by atoms with E-state index in [1.165, 1.54) is 0 Å². The second kappa shape index (κ2) is 4.61. The molecule has 1 rings (SSSR count). The highest BCUT2D eigenvalue weighted by Crippen LogP contribution is 2.32. The summed E-state index contributed by atoms with van der Waals surface area (Å²) in [5.41, 5.74) is -1.41. The van der Waals surface area contributed by atoms with E-state index >= 15 is 0 Å². The number of carbonyl (C=O) groups excluding carboxylic acids is 2. The van der Waals surface area contributed by atoms with Crippen LogP contribution in [0.1, 0.15) is 25.7 Å². The van der Waals surface area contributed by atoms with Crippen molar-refractivity contribution in [3.8, 4) is 0 Å². The van der Waals surface area contributed by atoms with Gasteiger partial charge in [0, 0.05) is 0 Å². The molecule has 1 aliphatic rings. The first kappa shape index (κ1) is 13.3. The maximum absolute atomic E-state index is 12.1. The summed E-state index contributed by atoms with van der Waals surface area (Å²) in [6.45, 7) is 0. The Kier molecular flexibility index (Phi) is 3.83. The number of Topliss-reactive ketones (excluding diaryl/α,β-unsaturated/α-hetero) is 1. The van der Waals surface area contributed by atoms with E-state index in [0.717, 1.165) is 0 Å². The Bertz CT molecular complexity index is 298. The molecule has 16 heavy (non-hydrogen) atoms. The van der Waals surface area contributed by atoms with Gasteiger partial charge in [0.1, 0.15) is 5.54 Å². The van der Waals surface area contributed by atoms with Crippen molar-refractivity contribution >= 4 is 23.3 Å². The van der Waals surface area contributed by atoms with Gasteiger partial charge in [-0.3, -0.25) is 9.59 Å². The largest absolute Gasteiger partial charge is 0.471 e.